The summed E-state index contributed by atoms with van der Waals surface area (Å²) >= 11 is 3.41. The number of fused-ring (bicyclic) bond motifs is 1. The number of urea groups is 1. The monoisotopic (exact) mass is 447 g/mol. The first-order valence-electron chi connectivity index (χ1n) is 8.97. The van der Waals surface area contributed by atoms with Crippen molar-refractivity contribution in [2.24, 2.45) is 0 Å². The van der Waals surface area contributed by atoms with Crippen molar-refractivity contribution < 1.29 is 19.1 Å². The van der Waals surface area contributed by atoms with Crippen LogP contribution in [0.1, 0.15) is 11.5 Å². The van der Waals surface area contributed by atoms with E-state index in [2.05, 4.69) is 21.2 Å². The largest absolute Gasteiger partial charge is 0.394 e. The first kappa shape index (κ1) is 18.9. The molecule has 6 nitrogen and oxygen atoms in total. The predicted molar refractivity (Wildman–Crippen MR) is 105 cm³/mol. The standard InChI is InChI=1S/C20H19BrFN3O3/c21-13-6-4-12(5-7-13)19-16-9-24(10-18(27)25(16)17(19)11-26)20(28)23-15-3-1-2-14(22)8-15/h1-8,16-17,19,26H,9-11H2,(H,23,28)/t16-,17+,19-/m1/s1. The normalized spacial score (nSPS) is 23.8. The summed E-state index contributed by atoms with van der Waals surface area (Å²) in [6.07, 6.45) is 0. The van der Waals surface area contributed by atoms with E-state index in [-0.39, 0.29) is 37.1 Å². The molecule has 0 radical (unpaired) electrons. The molecular formula is C20H19BrFN3O3. The Balaban J connectivity index is 1.52. The third-order valence-corrected chi connectivity index (χ3v) is 5.90. The van der Waals surface area contributed by atoms with Crippen LogP contribution in [-0.4, -0.2) is 58.6 Å². The SMILES string of the molecule is O=C(Nc1cccc(F)c1)N1CC(=O)N2[C@H](C1)[C@@H](c1ccc(Br)cc1)[C@@H]2CO. The minimum absolute atomic E-state index is 0.0492. The minimum atomic E-state index is -0.446. The van der Waals surface area contributed by atoms with Gasteiger partial charge in [0.1, 0.15) is 12.4 Å². The predicted octanol–water partition coefficient (Wildman–Crippen LogP) is 2.79. The fraction of sp³-hybridized carbons (Fsp3) is 0.300. The van der Waals surface area contributed by atoms with Gasteiger partial charge in [0.25, 0.3) is 0 Å². The molecule has 3 amide bonds. The number of carbonyl (C=O) groups is 2. The van der Waals surface area contributed by atoms with Gasteiger partial charge in [-0.2, -0.15) is 0 Å². The van der Waals surface area contributed by atoms with Gasteiger partial charge in [0.05, 0.1) is 18.7 Å². The van der Waals surface area contributed by atoms with Crippen molar-refractivity contribution in [3.8, 4) is 0 Å². The van der Waals surface area contributed by atoms with Crippen LogP contribution in [0.2, 0.25) is 0 Å². The summed E-state index contributed by atoms with van der Waals surface area (Å²) in [5.41, 5.74) is 1.36. The van der Waals surface area contributed by atoms with E-state index in [1.807, 2.05) is 24.3 Å². The number of nitrogens with zero attached hydrogens (tertiary/aromatic N) is 2. The lowest BCUT2D eigenvalue weighted by Crippen LogP contribution is -2.73. The molecule has 28 heavy (non-hydrogen) atoms. The van der Waals surface area contributed by atoms with Gasteiger partial charge < -0.3 is 20.2 Å². The minimum Gasteiger partial charge on any atom is -0.394 e. The number of halogens is 2. The Morgan fingerprint density at radius 3 is 2.68 bits per heavy atom. The number of rotatable bonds is 3. The lowest BCUT2D eigenvalue weighted by atomic mass is 9.74. The third-order valence-electron chi connectivity index (χ3n) is 5.37. The van der Waals surface area contributed by atoms with E-state index in [0.717, 1.165) is 10.0 Å². The van der Waals surface area contributed by atoms with Gasteiger partial charge in [-0.1, -0.05) is 34.1 Å². The van der Waals surface area contributed by atoms with Crippen molar-refractivity contribution in [2.75, 3.05) is 25.0 Å². The molecular weight excluding hydrogens is 429 g/mol. The van der Waals surface area contributed by atoms with Gasteiger partial charge in [-0.15, -0.1) is 0 Å². The van der Waals surface area contributed by atoms with Crippen molar-refractivity contribution in [2.45, 2.75) is 18.0 Å². The highest BCUT2D eigenvalue weighted by Crippen LogP contribution is 2.43. The highest BCUT2D eigenvalue weighted by molar-refractivity contribution is 9.10. The number of aliphatic hydroxyl groups excluding tert-OH is 1. The van der Waals surface area contributed by atoms with E-state index >= 15 is 0 Å². The van der Waals surface area contributed by atoms with Crippen LogP contribution in [0.25, 0.3) is 0 Å². The van der Waals surface area contributed by atoms with Crippen LogP contribution in [0.4, 0.5) is 14.9 Å². The summed E-state index contributed by atoms with van der Waals surface area (Å²) in [6, 6.07) is 12.5. The van der Waals surface area contributed by atoms with Crippen LogP contribution in [-0.2, 0) is 4.79 Å². The Morgan fingerprint density at radius 2 is 2.00 bits per heavy atom. The van der Waals surface area contributed by atoms with E-state index in [9.17, 15) is 19.1 Å². The van der Waals surface area contributed by atoms with E-state index in [4.69, 9.17) is 0 Å². The zero-order valence-corrected chi connectivity index (χ0v) is 16.5. The van der Waals surface area contributed by atoms with Gasteiger partial charge in [-0.25, -0.2) is 9.18 Å². The average molecular weight is 448 g/mol. The van der Waals surface area contributed by atoms with E-state index in [0.29, 0.717) is 12.2 Å². The molecule has 146 valence electrons. The molecule has 0 aliphatic carbocycles. The zero-order chi connectivity index (χ0) is 19.8. The van der Waals surface area contributed by atoms with Crippen LogP contribution >= 0.6 is 15.9 Å². The Hall–Kier alpha value is -2.45. The maximum absolute atomic E-state index is 13.3. The number of nitrogens with one attached hydrogen (secondary N) is 1. The number of anilines is 1. The summed E-state index contributed by atoms with van der Waals surface area (Å²) in [5.74, 6) is -0.691. The van der Waals surface area contributed by atoms with Gasteiger partial charge in [0, 0.05) is 22.6 Å². The zero-order valence-electron chi connectivity index (χ0n) is 14.9. The van der Waals surface area contributed by atoms with Crippen molar-refractivity contribution in [3.05, 3.63) is 64.4 Å². The Bertz CT molecular complexity index is 908. The number of hydrogen-bond acceptors (Lipinski definition) is 3. The Kier molecular flexibility index (Phi) is 5.07. The summed E-state index contributed by atoms with van der Waals surface area (Å²) < 4.78 is 14.3. The van der Waals surface area contributed by atoms with E-state index < -0.39 is 11.8 Å². The van der Waals surface area contributed by atoms with Gasteiger partial charge in [0.15, 0.2) is 0 Å². The fourth-order valence-electron chi connectivity index (χ4n) is 4.11. The maximum atomic E-state index is 13.3. The molecule has 2 fully saturated rings. The molecule has 2 aromatic rings. The molecule has 2 saturated heterocycles. The maximum Gasteiger partial charge on any atom is 0.322 e. The topological polar surface area (TPSA) is 72.9 Å². The number of piperazine rings is 1. The highest BCUT2D eigenvalue weighted by atomic mass is 79.9. The lowest BCUT2D eigenvalue weighted by Gasteiger charge is -2.58. The first-order valence-corrected chi connectivity index (χ1v) is 9.76. The summed E-state index contributed by atoms with van der Waals surface area (Å²) in [4.78, 5) is 28.3. The molecule has 2 N–H and O–H groups in total. The summed E-state index contributed by atoms with van der Waals surface area (Å²) in [5, 5.41) is 12.4. The second-order valence-electron chi connectivity index (χ2n) is 7.02. The van der Waals surface area contributed by atoms with E-state index in [1.165, 1.54) is 23.1 Å². The number of amides is 3. The van der Waals surface area contributed by atoms with E-state index in [1.54, 1.807) is 11.0 Å². The average Bonchev–Trinajstić information content (AvgIpc) is 2.65. The molecule has 0 unspecified atom stereocenters. The molecule has 2 aliphatic heterocycles. The Labute approximate surface area is 170 Å². The molecule has 0 aromatic heterocycles. The van der Waals surface area contributed by atoms with Gasteiger partial charge in [-0.05, 0) is 35.9 Å². The molecule has 0 saturated carbocycles. The quantitative estimate of drug-likeness (QED) is 0.759. The van der Waals surface area contributed by atoms with Gasteiger partial charge in [0.2, 0.25) is 5.91 Å². The van der Waals surface area contributed by atoms with Crippen LogP contribution < -0.4 is 5.32 Å². The smallest absolute Gasteiger partial charge is 0.322 e. The van der Waals surface area contributed by atoms with Gasteiger partial charge >= 0.3 is 6.03 Å². The van der Waals surface area contributed by atoms with Crippen LogP contribution in [0, 0.1) is 5.82 Å². The Morgan fingerprint density at radius 1 is 1.25 bits per heavy atom. The second kappa shape index (κ2) is 7.52. The molecule has 4 rings (SSSR count). The van der Waals surface area contributed by atoms with Crippen molar-refractivity contribution in [3.63, 3.8) is 0 Å². The molecule has 2 heterocycles. The molecule has 0 spiro atoms. The number of aliphatic hydroxyl groups is 1. The van der Waals surface area contributed by atoms with Crippen molar-refractivity contribution >= 4 is 33.6 Å². The van der Waals surface area contributed by atoms with Crippen LogP contribution in [0.15, 0.2) is 53.0 Å². The highest BCUT2D eigenvalue weighted by Gasteiger charge is 2.54. The first-order chi connectivity index (χ1) is 13.5. The summed E-state index contributed by atoms with van der Waals surface area (Å²) in [6.45, 7) is 0.157. The van der Waals surface area contributed by atoms with Crippen LogP contribution in [0.5, 0.6) is 0 Å². The number of carbonyl (C=O) groups excluding carboxylic acids is 2. The van der Waals surface area contributed by atoms with Crippen molar-refractivity contribution in [1.29, 1.82) is 0 Å². The number of hydrogen-bond donors (Lipinski definition) is 2. The second-order valence-corrected chi connectivity index (χ2v) is 7.93. The van der Waals surface area contributed by atoms with Crippen molar-refractivity contribution in [1.82, 2.24) is 9.80 Å². The molecule has 2 aliphatic rings. The molecule has 2 aromatic carbocycles. The molecule has 8 heteroatoms. The van der Waals surface area contributed by atoms with Crippen LogP contribution in [0.3, 0.4) is 0 Å². The third kappa shape index (κ3) is 3.38. The van der Waals surface area contributed by atoms with Gasteiger partial charge in [-0.3, -0.25) is 4.79 Å². The summed E-state index contributed by atoms with van der Waals surface area (Å²) in [7, 11) is 0. The molecule has 3 atom stereocenters. The molecule has 0 bridgehead atoms. The fourth-order valence-corrected chi connectivity index (χ4v) is 4.37. The number of benzene rings is 2. The lowest BCUT2D eigenvalue weighted by molar-refractivity contribution is -0.159.